The van der Waals surface area contributed by atoms with Crippen LogP contribution in [0, 0.1) is 0 Å². The molecule has 9 nitrogen and oxygen atoms in total. The van der Waals surface area contributed by atoms with E-state index in [0.717, 1.165) is 11.3 Å². The maximum atomic E-state index is 13.3. The lowest BCUT2D eigenvalue weighted by Gasteiger charge is -2.20. The number of aromatic nitrogens is 2. The standard InChI is InChI=1S/C20H20N6O3/c1-21-26(22-2)20(28)23-14-6-4-5-13-15(14)19(27)16-17(24-25-18(13)16)11-7-9-12(29-3)10-8-11/h4-10,21-22H,1-3H3,(H,23,28)(H,24,25). The molecule has 0 fully saturated rings. The van der Waals surface area contributed by atoms with Crippen molar-refractivity contribution in [2.45, 2.75) is 0 Å². The van der Waals surface area contributed by atoms with E-state index in [9.17, 15) is 9.59 Å². The van der Waals surface area contributed by atoms with Gasteiger partial charge in [0.2, 0.25) is 0 Å². The lowest BCUT2D eigenvalue weighted by Crippen LogP contribution is -2.50. The largest absolute Gasteiger partial charge is 0.497 e. The average molecular weight is 392 g/mol. The third-order valence-electron chi connectivity index (χ3n) is 4.81. The second kappa shape index (κ2) is 7.38. The molecule has 3 aromatic rings. The summed E-state index contributed by atoms with van der Waals surface area (Å²) < 4.78 is 5.19. The molecule has 0 saturated heterocycles. The molecule has 0 bridgehead atoms. The summed E-state index contributed by atoms with van der Waals surface area (Å²) in [5, 5.41) is 11.3. The van der Waals surface area contributed by atoms with E-state index in [2.05, 4.69) is 26.4 Å². The van der Waals surface area contributed by atoms with E-state index < -0.39 is 6.03 Å². The van der Waals surface area contributed by atoms with Crippen LogP contribution in [0.15, 0.2) is 42.5 Å². The minimum Gasteiger partial charge on any atom is -0.497 e. The van der Waals surface area contributed by atoms with E-state index >= 15 is 0 Å². The number of fused-ring (bicyclic) bond motifs is 3. The van der Waals surface area contributed by atoms with E-state index in [1.165, 1.54) is 5.12 Å². The Bertz CT molecular complexity index is 1090. The number of urea groups is 1. The number of carbonyl (C=O) groups excluding carboxylic acids is 2. The second-order valence-corrected chi connectivity index (χ2v) is 6.32. The van der Waals surface area contributed by atoms with Gasteiger partial charge in [0.25, 0.3) is 0 Å². The molecular weight excluding hydrogens is 372 g/mol. The van der Waals surface area contributed by atoms with Crippen molar-refractivity contribution >= 4 is 17.5 Å². The first kappa shape index (κ1) is 18.7. The van der Waals surface area contributed by atoms with Gasteiger partial charge in [-0.25, -0.2) is 15.6 Å². The Morgan fingerprint density at radius 1 is 1.07 bits per heavy atom. The van der Waals surface area contributed by atoms with Crippen LogP contribution in [0.4, 0.5) is 10.5 Å². The number of benzene rings is 2. The summed E-state index contributed by atoms with van der Waals surface area (Å²) in [5.74, 6) is 0.532. The van der Waals surface area contributed by atoms with Gasteiger partial charge in [-0.05, 0) is 30.3 Å². The lowest BCUT2D eigenvalue weighted by atomic mass is 10.0. The quantitative estimate of drug-likeness (QED) is 0.388. The van der Waals surface area contributed by atoms with Gasteiger partial charge in [0.1, 0.15) is 11.4 Å². The molecule has 2 aromatic carbocycles. The molecule has 2 amide bonds. The van der Waals surface area contributed by atoms with E-state index in [4.69, 9.17) is 4.74 Å². The highest BCUT2D eigenvalue weighted by atomic mass is 16.5. The minimum atomic E-state index is -0.444. The van der Waals surface area contributed by atoms with Gasteiger partial charge in [-0.3, -0.25) is 9.89 Å². The molecule has 0 saturated carbocycles. The second-order valence-electron chi connectivity index (χ2n) is 6.32. The molecule has 0 spiro atoms. The first-order valence-corrected chi connectivity index (χ1v) is 8.95. The molecular formula is C20H20N6O3. The Morgan fingerprint density at radius 2 is 1.79 bits per heavy atom. The number of H-pyrrole nitrogens is 1. The molecule has 148 valence electrons. The van der Waals surface area contributed by atoms with Crippen LogP contribution >= 0.6 is 0 Å². The van der Waals surface area contributed by atoms with E-state index in [0.29, 0.717) is 33.8 Å². The van der Waals surface area contributed by atoms with Gasteiger partial charge < -0.3 is 10.1 Å². The summed E-state index contributed by atoms with van der Waals surface area (Å²) in [6.07, 6.45) is 0. The summed E-state index contributed by atoms with van der Waals surface area (Å²) in [6, 6.07) is 12.2. The van der Waals surface area contributed by atoms with Gasteiger partial charge in [0.15, 0.2) is 5.78 Å². The van der Waals surface area contributed by atoms with Gasteiger partial charge in [-0.1, -0.05) is 12.1 Å². The van der Waals surface area contributed by atoms with Crippen molar-refractivity contribution < 1.29 is 14.3 Å². The third kappa shape index (κ3) is 3.02. The molecule has 29 heavy (non-hydrogen) atoms. The summed E-state index contributed by atoms with van der Waals surface area (Å²) in [4.78, 5) is 25.7. The average Bonchev–Trinajstić information content (AvgIpc) is 3.30. The number of anilines is 1. The highest BCUT2D eigenvalue weighted by Gasteiger charge is 2.35. The van der Waals surface area contributed by atoms with Crippen molar-refractivity contribution in [3.05, 3.63) is 53.6 Å². The predicted octanol–water partition coefficient (Wildman–Crippen LogP) is 2.40. The number of hydrazine groups is 2. The number of ether oxygens (including phenoxy) is 1. The monoisotopic (exact) mass is 392 g/mol. The van der Waals surface area contributed by atoms with Crippen LogP contribution in [-0.4, -0.2) is 48.3 Å². The molecule has 1 aliphatic rings. The fraction of sp³-hybridized carbons (Fsp3) is 0.150. The van der Waals surface area contributed by atoms with Crippen molar-refractivity contribution in [2.24, 2.45) is 0 Å². The van der Waals surface area contributed by atoms with Crippen molar-refractivity contribution in [1.29, 1.82) is 0 Å². The number of ketones is 1. The van der Waals surface area contributed by atoms with Gasteiger partial charge in [0.05, 0.1) is 29.6 Å². The van der Waals surface area contributed by atoms with Crippen molar-refractivity contribution in [1.82, 2.24) is 26.2 Å². The Hall–Kier alpha value is -3.69. The lowest BCUT2D eigenvalue weighted by molar-refractivity contribution is 0.104. The molecule has 4 rings (SSSR count). The van der Waals surface area contributed by atoms with Crippen LogP contribution in [0.1, 0.15) is 15.9 Å². The van der Waals surface area contributed by atoms with Crippen LogP contribution in [0.25, 0.3) is 22.5 Å². The molecule has 1 aromatic heterocycles. The van der Waals surface area contributed by atoms with Gasteiger partial charge >= 0.3 is 6.03 Å². The maximum Gasteiger partial charge on any atom is 0.351 e. The summed E-state index contributed by atoms with van der Waals surface area (Å²) in [5.41, 5.74) is 9.47. The zero-order valence-electron chi connectivity index (χ0n) is 16.2. The minimum absolute atomic E-state index is 0.189. The van der Waals surface area contributed by atoms with Crippen LogP contribution in [-0.2, 0) is 0 Å². The first-order valence-electron chi connectivity index (χ1n) is 8.95. The van der Waals surface area contributed by atoms with Gasteiger partial charge in [0, 0.05) is 25.2 Å². The topological polar surface area (TPSA) is 111 Å². The highest BCUT2D eigenvalue weighted by molar-refractivity contribution is 6.26. The molecule has 9 heteroatoms. The Balaban J connectivity index is 1.73. The zero-order chi connectivity index (χ0) is 20.5. The molecule has 0 aliphatic heterocycles. The number of carbonyl (C=O) groups is 2. The van der Waals surface area contributed by atoms with Crippen LogP contribution in [0.2, 0.25) is 0 Å². The predicted molar refractivity (Wildman–Crippen MR) is 108 cm³/mol. The number of nitrogens with zero attached hydrogens (tertiary/aromatic N) is 2. The SMILES string of the molecule is CNN(NC)C(=O)Nc1cccc2c1C(=O)c1c(-c3ccc(OC)cc3)n[nH]c1-2. The fourth-order valence-electron chi connectivity index (χ4n) is 3.44. The van der Waals surface area contributed by atoms with Crippen molar-refractivity contribution in [2.75, 3.05) is 26.5 Å². The molecule has 1 heterocycles. The Labute approximate surface area is 167 Å². The number of methoxy groups -OCH3 is 1. The summed E-state index contributed by atoms with van der Waals surface area (Å²) >= 11 is 0. The van der Waals surface area contributed by atoms with Crippen LogP contribution in [0.5, 0.6) is 5.75 Å². The van der Waals surface area contributed by atoms with Crippen LogP contribution < -0.4 is 20.9 Å². The number of amides is 2. The summed E-state index contributed by atoms with van der Waals surface area (Å²) in [6.45, 7) is 0. The number of hydrogen-bond acceptors (Lipinski definition) is 6. The molecule has 1 aliphatic carbocycles. The van der Waals surface area contributed by atoms with E-state index in [-0.39, 0.29) is 5.78 Å². The smallest absolute Gasteiger partial charge is 0.351 e. The number of nitrogens with one attached hydrogen (secondary N) is 4. The van der Waals surface area contributed by atoms with Gasteiger partial charge in [-0.2, -0.15) is 10.2 Å². The number of hydrogen-bond donors (Lipinski definition) is 4. The maximum absolute atomic E-state index is 13.3. The van der Waals surface area contributed by atoms with E-state index in [1.54, 1.807) is 33.3 Å². The highest BCUT2D eigenvalue weighted by Crippen LogP contribution is 2.43. The van der Waals surface area contributed by atoms with Crippen molar-refractivity contribution in [3.8, 4) is 28.3 Å². The van der Waals surface area contributed by atoms with Crippen LogP contribution in [0.3, 0.4) is 0 Å². The molecule has 0 unspecified atom stereocenters. The third-order valence-corrected chi connectivity index (χ3v) is 4.81. The first-order chi connectivity index (χ1) is 14.1. The number of rotatable bonds is 5. The zero-order valence-corrected chi connectivity index (χ0v) is 16.2. The van der Waals surface area contributed by atoms with Gasteiger partial charge in [-0.15, -0.1) is 0 Å². The fourth-order valence-corrected chi connectivity index (χ4v) is 3.44. The Morgan fingerprint density at radius 3 is 2.45 bits per heavy atom. The summed E-state index contributed by atoms with van der Waals surface area (Å²) in [7, 11) is 4.81. The number of aromatic amines is 1. The molecule has 0 radical (unpaired) electrons. The Kier molecular flexibility index (Phi) is 4.75. The van der Waals surface area contributed by atoms with E-state index in [1.807, 2.05) is 30.3 Å². The van der Waals surface area contributed by atoms with Crippen molar-refractivity contribution in [3.63, 3.8) is 0 Å². The molecule has 4 N–H and O–H groups in total. The normalized spacial score (nSPS) is 11.8. The molecule has 0 atom stereocenters.